The third-order valence-corrected chi connectivity index (χ3v) is 3.01. The van der Waals surface area contributed by atoms with Crippen molar-refractivity contribution < 1.29 is 4.74 Å². The van der Waals surface area contributed by atoms with Gasteiger partial charge < -0.3 is 10.1 Å². The Morgan fingerprint density at radius 3 is 2.53 bits per heavy atom. The zero-order chi connectivity index (χ0) is 14.3. The monoisotopic (exact) mass is 264 g/mol. The molecule has 1 heterocycles. The second-order valence-electron chi connectivity index (χ2n) is 5.41. The van der Waals surface area contributed by atoms with Crippen LogP contribution < -0.4 is 10.1 Å². The molecule has 1 unspecified atom stereocenters. The number of nitrogens with zero attached hydrogens (tertiary/aromatic N) is 1. The molecule has 0 fully saturated rings. The van der Waals surface area contributed by atoms with Crippen LogP contribution in [0.5, 0.6) is 5.88 Å². The van der Waals surface area contributed by atoms with E-state index in [4.69, 9.17) is 4.74 Å². The molecule has 19 heavy (non-hydrogen) atoms. The van der Waals surface area contributed by atoms with Crippen molar-refractivity contribution in [3.63, 3.8) is 0 Å². The molecule has 108 valence electrons. The summed E-state index contributed by atoms with van der Waals surface area (Å²) in [7, 11) is 0. The van der Waals surface area contributed by atoms with Gasteiger partial charge in [-0.05, 0) is 31.4 Å². The van der Waals surface area contributed by atoms with Gasteiger partial charge in [0, 0.05) is 24.3 Å². The first kappa shape index (κ1) is 16.0. The van der Waals surface area contributed by atoms with Gasteiger partial charge in [-0.25, -0.2) is 4.98 Å². The highest BCUT2D eigenvalue weighted by Crippen LogP contribution is 2.16. The van der Waals surface area contributed by atoms with Crippen molar-refractivity contribution in [1.29, 1.82) is 0 Å². The first-order valence-electron chi connectivity index (χ1n) is 7.45. The lowest BCUT2D eigenvalue weighted by Gasteiger charge is -2.15. The van der Waals surface area contributed by atoms with Crippen LogP contribution in [0.2, 0.25) is 0 Å². The summed E-state index contributed by atoms with van der Waals surface area (Å²) < 4.78 is 5.91. The van der Waals surface area contributed by atoms with Crippen molar-refractivity contribution in [2.24, 2.45) is 0 Å². The van der Waals surface area contributed by atoms with Gasteiger partial charge >= 0.3 is 0 Å². The van der Waals surface area contributed by atoms with Crippen LogP contribution in [0.1, 0.15) is 58.7 Å². The fourth-order valence-electron chi connectivity index (χ4n) is 1.96. The standard InChI is InChI=1S/C16H28N2O/c1-6-8-13(5)19-16-10-14(11-17-12(3)4)9-15(7-2)18-16/h9-10,12-13,17H,6-8,11H2,1-5H3. The molecule has 0 aliphatic heterocycles. The molecule has 0 saturated carbocycles. The van der Waals surface area contributed by atoms with Crippen LogP contribution in [0.25, 0.3) is 0 Å². The van der Waals surface area contributed by atoms with Crippen molar-refractivity contribution in [3.8, 4) is 5.88 Å². The lowest BCUT2D eigenvalue weighted by atomic mass is 10.2. The molecular weight excluding hydrogens is 236 g/mol. The lowest BCUT2D eigenvalue weighted by molar-refractivity contribution is 0.201. The summed E-state index contributed by atoms with van der Waals surface area (Å²) in [5.41, 5.74) is 2.35. The van der Waals surface area contributed by atoms with E-state index in [1.807, 2.05) is 0 Å². The number of ether oxygens (including phenoxy) is 1. The molecule has 3 nitrogen and oxygen atoms in total. The van der Waals surface area contributed by atoms with Crippen molar-refractivity contribution >= 4 is 0 Å². The van der Waals surface area contributed by atoms with Crippen LogP contribution in [-0.4, -0.2) is 17.1 Å². The Hall–Kier alpha value is -1.09. The Morgan fingerprint density at radius 2 is 1.95 bits per heavy atom. The minimum absolute atomic E-state index is 0.232. The van der Waals surface area contributed by atoms with Gasteiger partial charge in [-0.15, -0.1) is 0 Å². The third kappa shape index (κ3) is 6.06. The summed E-state index contributed by atoms with van der Waals surface area (Å²) in [5, 5.41) is 3.44. The zero-order valence-electron chi connectivity index (χ0n) is 13.0. The predicted molar refractivity (Wildman–Crippen MR) is 80.6 cm³/mol. The number of aryl methyl sites for hydroxylation is 1. The van der Waals surface area contributed by atoms with Gasteiger partial charge in [0.2, 0.25) is 5.88 Å². The number of pyridine rings is 1. The Kier molecular flexibility index (Phi) is 6.85. The maximum atomic E-state index is 5.91. The van der Waals surface area contributed by atoms with E-state index >= 15 is 0 Å². The molecule has 0 aliphatic carbocycles. The van der Waals surface area contributed by atoms with Crippen LogP contribution in [0, 0.1) is 0 Å². The van der Waals surface area contributed by atoms with E-state index in [0.717, 1.165) is 37.4 Å². The summed E-state index contributed by atoms with van der Waals surface area (Å²) in [6.45, 7) is 11.6. The highest BCUT2D eigenvalue weighted by molar-refractivity contribution is 5.25. The number of aromatic nitrogens is 1. The molecule has 1 atom stereocenters. The van der Waals surface area contributed by atoms with Crippen molar-refractivity contribution in [1.82, 2.24) is 10.3 Å². The molecule has 1 aromatic rings. The van der Waals surface area contributed by atoms with Gasteiger partial charge in [0.25, 0.3) is 0 Å². The number of hydrogen-bond donors (Lipinski definition) is 1. The first-order chi connectivity index (χ1) is 9.05. The maximum Gasteiger partial charge on any atom is 0.214 e. The number of hydrogen-bond acceptors (Lipinski definition) is 3. The van der Waals surface area contributed by atoms with Crippen LogP contribution in [-0.2, 0) is 13.0 Å². The smallest absolute Gasteiger partial charge is 0.214 e. The van der Waals surface area contributed by atoms with Crippen molar-refractivity contribution in [3.05, 3.63) is 23.4 Å². The average molecular weight is 264 g/mol. The fourth-order valence-corrected chi connectivity index (χ4v) is 1.96. The molecule has 3 heteroatoms. The molecule has 0 saturated heterocycles. The normalized spacial score (nSPS) is 12.7. The SMILES string of the molecule is CCCC(C)Oc1cc(CNC(C)C)cc(CC)n1. The quantitative estimate of drug-likeness (QED) is 0.777. The molecular formula is C16H28N2O. The third-order valence-electron chi connectivity index (χ3n) is 3.01. The average Bonchev–Trinajstić information content (AvgIpc) is 2.36. The summed E-state index contributed by atoms with van der Waals surface area (Å²) in [5.74, 6) is 0.765. The summed E-state index contributed by atoms with van der Waals surface area (Å²) in [6.07, 6.45) is 3.37. The van der Waals surface area contributed by atoms with E-state index in [2.05, 4.69) is 57.1 Å². The van der Waals surface area contributed by atoms with Gasteiger partial charge in [0.1, 0.15) is 0 Å². The minimum Gasteiger partial charge on any atom is -0.475 e. The largest absolute Gasteiger partial charge is 0.475 e. The van der Waals surface area contributed by atoms with Gasteiger partial charge in [0.15, 0.2) is 0 Å². The highest BCUT2D eigenvalue weighted by Gasteiger charge is 2.07. The second kappa shape index (κ2) is 8.16. The van der Waals surface area contributed by atoms with Gasteiger partial charge in [-0.3, -0.25) is 0 Å². The fraction of sp³-hybridized carbons (Fsp3) is 0.688. The number of nitrogens with one attached hydrogen (secondary N) is 1. The summed E-state index contributed by atoms with van der Waals surface area (Å²) >= 11 is 0. The Labute approximate surface area is 117 Å². The van der Waals surface area contributed by atoms with Crippen molar-refractivity contribution in [2.45, 2.75) is 72.6 Å². The predicted octanol–water partition coefficient (Wildman–Crippen LogP) is 3.71. The Morgan fingerprint density at radius 1 is 1.21 bits per heavy atom. The molecule has 0 amide bonds. The Balaban J connectivity index is 2.76. The zero-order valence-corrected chi connectivity index (χ0v) is 13.0. The first-order valence-corrected chi connectivity index (χ1v) is 7.45. The molecule has 0 aromatic carbocycles. The van der Waals surface area contributed by atoms with Crippen LogP contribution in [0.4, 0.5) is 0 Å². The van der Waals surface area contributed by atoms with E-state index in [-0.39, 0.29) is 6.10 Å². The van der Waals surface area contributed by atoms with E-state index < -0.39 is 0 Å². The van der Waals surface area contributed by atoms with Crippen LogP contribution >= 0.6 is 0 Å². The van der Waals surface area contributed by atoms with Gasteiger partial charge in [-0.1, -0.05) is 34.1 Å². The molecule has 1 aromatic heterocycles. The summed E-state index contributed by atoms with van der Waals surface area (Å²) in [6, 6.07) is 4.70. The van der Waals surface area contributed by atoms with Crippen LogP contribution in [0.15, 0.2) is 12.1 Å². The van der Waals surface area contributed by atoms with E-state index in [1.54, 1.807) is 0 Å². The Bertz CT molecular complexity index is 377. The summed E-state index contributed by atoms with van der Waals surface area (Å²) in [4.78, 5) is 4.55. The molecule has 1 N–H and O–H groups in total. The second-order valence-corrected chi connectivity index (χ2v) is 5.41. The minimum atomic E-state index is 0.232. The lowest BCUT2D eigenvalue weighted by Crippen LogP contribution is -2.22. The van der Waals surface area contributed by atoms with Crippen molar-refractivity contribution in [2.75, 3.05) is 0 Å². The molecule has 0 bridgehead atoms. The topological polar surface area (TPSA) is 34.1 Å². The van der Waals surface area contributed by atoms with E-state index in [1.165, 1.54) is 5.56 Å². The molecule has 1 rings (SSSR count). The van der Waals surface area contributed by atoms with E-state index in [0.29, 0.717) is 6.04 Å². The van der Waals surface area contributed by atoms with Gasteiger partial charge in [-0.2, -0.15) is 0 Å². The van der Waals surface area contributed by atoms with Crippen LogP contribution in [0.3, 0.4) is 0 Å². The van der Waals surface area contributed by atoms with Gasteiger partial charge in [0.05, 0.1) is 6.10 Å². The number of rotatable bonds is 8. The molecule has 0 aliphatic rings. The molecule has 0 radical (unpaired) electrons. The van der Waals surface area contributed by atoms with E-state index in [9.17, 15) is 0 Å². The maximum absolute atomic E-state index is 5.91. The highest BCUT2D eigenvalue weighted by atomic mass is 16.5. The molecule has 0 spiro atoms.